The highest BCUT2D eigenvalue weighted by Gasteiger charge is 2.36. The Morgan fingerprint density at radius 1 is 1.14 bits per heavy atom. The third kappa shape index (κ3) is 2.56. The van der Waals surface area contributed by atoms with Crippen LogP contribution in [0, 0.1) is 0 Å². The predicted octanol–water partition coefficient (Wildman–Crippen LogP) is 1.77. The van der Waals surface area contributed by atoms with E-state index in [1.807, 2.05) is 6.07 Å². The molecule has 14 heavy (non-hydrogen) atoms. The first kappa shape index (κ1) is 9.69. The standard InChI is InChI=1S/C12H16O2/c13-9-12-11(14-12)8-4-7-10-5-2-1-3-6-10/h1-3,5-6,11-13H,4,7-9H2/t11-,12-/m0/s1. The van der Waals surface area contributed by atoms with Crippen LogP contribution in [0.5, 0.6) is 0 Å². The lowest BCUT2D eigenvalue weighted by Crippen LogP contribution is -1.99. The summed E-state index contributed by atoms with van der Waals surface area (Å²) < 4.78 is 5.25. The molecule has 0 bridgehead atoms. The number of benzene rings is 1. The van der Waals surface area contributed by atoms with E-state index in [0.717, 1.165) is 19.3 Å². The van der Waals surface area contributed by atoms with Gasteiger partial charge in [-0.1, -0.05) is 30.3 Å². The molecule has 0 spiro atoms. The van der Waals surface area contributed by atoms with Crippen molar-refractivity contribution in [2.24, 2.45) is 0 Å². The fourth-order valence-electron chi connectivity index (χ4n) is 1.75. The van der Waals surface area contributed by atoms with Gasteiger partial charge >= 0.3 is 0 Å². The van der Waals surface area contributed by atoms with Gasteiger partial charge in [0, 0.05) is 0 Å². The van der Waals surface area contributed by atoms with Crippen molar-refractivity contribution in [1.29, 1.82) is 0 Å². The van der Waals surface area contributed by atoms with Crippen LogP contribution in [0.1, 0.15) is 18.4 Å². The topological polar surface area (TPSA) is 32.8 Å². The van der Waals surface area contributed by atoms with E-state index >= 15 is 0 Å². The van der Waals surface area contributed by atoms with E-state index in [9.17, 15) is 0 Å². The van der Waals surface area contributed by atoms with Crippen LogP contribution < -0.4 is 0 Å². The number of aliphatic hydroxyl groups is 1. The number of rotatable bonds is 5. The van der Waals surface area contributed by atoms with Gasteiger partial charge in [-0.05, 0) is 24.8 Å². The number of aryl methyl sites for hydroxylation is 1. The van der Waals surface area contributed by atoms with Crippen LogP contribution in [-0.2, 0) is 11.2 Å². The minimum Gasteiger partial charge on any atom is -0.394 e. The van der Waals surface area contributed by atoms with Crippen LogP contribution in [0.15, 0.2) is 30.3 Å². The molecule has 1 aliphatic rings. The maximum absolute atomic E-state index is 8.77. The van der Waals surface area contributed by atoms with Gasteiger partial charge in [0.1, 0.15) is 6.10 Å². The molecule has 1 N–H and O–H groups in total. The summed E-state index contributed by atoms with van der Waals surface area (Å²) in [5, 5.41) is 8.77. The molecule has 0 amide bonds. The zero-order chi connectivity index (χ0) is 9.80. The summed E-state index contributed by atoms with van der Waals surface area (Å²) in [6.07, 6.45) is 3.78. The zero-order valence-electron chi connectivity index (χ0n) is 8.23. The molecule has 0 aromatic heterocycles. The Labute approximate surface area is 84.5 Å². The number of hydrogen-bond donors (Lipinski definition) is 1. The highest BCUT2D eigenvalue weighted by atomic mass is 16.6. The van der Waals surface area contributed by atoms with Crippen molar-refractivity contribution in [3.05, 3.63) is 35.9 Å². The lowest BCUT2D eigenvalue weighted by Gasteiger charge is -1.98. The summed E-state index contributed by atoms with van der Waals surface area (Å²) in [5.74, 6) is 0. The van der Waals surface area contributed by atoms with E-state index in [4.69, 9.17) is 9.84 Å². The van der Waals surface area contributed by atoms with Crippen molar-refractivity contribution >= 4 is 0 Å². The van der Waals surface area contributed by atoms with E-state index < -0.39 is 0 Å². The van der Waals surface area contributed by atoms with E-state index in [1.165, 1.54) is 5.56 Å². The SMILES string of the molecule is OC[C@@H]1O[C@H]1CCCc1ccccc1. The minimum atomic E-state index is 0.130. The van der Waals surface area contributed by atoms with Gasteiger partial charge in [0.05, 0.1) is 12.7 Å². The Morgan fingerprint density at radius 3 is 2.57 bits per heavy atom. The third-order valence-corrected chi connectivity index (χ3v) is 2.66. The zero-order valence-corrected chi connectivity index (χ0v) is 8.23. The fraction of sp³-hybridized carbons (Fsp3) is 0.500. The highest BCUT2D eigenvalue weighted by molar-refractivity contribution is 5.14. The van der Waals surface area contributed by atoms with Crippen LogP contribution >= 0.6 is 0 Å². The molecule has 2 heteroatoms. The summed E-state index contributed by atoms with van der Waals surface area (Å²) in [4.78, 5) is 0. The first-order valence-corrected chi connectivity index (χ1v) is 5.20. The fourth-order valence-corrected chi connectivity index (χ4v) is 1.75. The second-order valence-electron chi connectivity index (χ2n) is 3.77. The lowest BCUT2D eigenvalue weighted by molar-refractivity contribution is 0.241. The largest absolute Gasteiger partial charge is 0.394 e. The lowest BCUT2D eigenvalue weighted by atomic mass is 10.1. The van der Waals surface area contributed by atoms with Crippen molar-refractivity contribution in [3.8, 4) is 0 Å². The molecule has 0 radical (unpaired) electrons. The first-order valence-electron chi connectivity index (χ1n) is 5.20. The Bertz CT molecular complexity index is 271. The number of hydrogen-bond acceptors (Lipinski definition) is 2. The molecular weight excluding hydrogens is 176 g/mol. The van der Waals surface area contributed by atoms with Gasteiger partial charge in [0.15, 0.2) is 0 Å². The Kier molecular flexibility index (Phi) is 3.17. The van der Waals surface area contributed by atoms with E-state index in [-0.39, 0.29) is 12.7 Å². The van der Waals surface area contributed by atoms with E-state index in [2.05, 4.69) is 24.3 Å². The summed E-state index contributed by atoms with van der Waals surface area (Å²) >= 11 is 0. The van der Waals surface area contributed by atoms with Gasteiger partial charge in [0.25, 0.3) is 0 Å². The van der Waals surface area contributed by atoms with Crippen LogP contribution in [0.2, 0.25) is 0 Å². The monoisotopic (exact) mass is 192 g/mol. The molecule has 0 saturated carbocycles. The molecule has 1 aromatic carbocycles. The molecule has 76 valence electrons. The molecule has 1 saturated heterocycles. The second-order valence-corrected chi connectivity index (χ2v) is 3.77. The molecule has 2 rings (SSSR count). The summed E-state index contributed by atoms with van der Waals surface area (Å²) in [6.45, 7) is 0.177. The van der Waals surface area contributed by atoms with Gasteiger partial charge in [-0.3, -0.25) is 0 Å². The number of epoxide rings is 1. The second kappa shape index (κ2) is 4.58. The molecular formula is C12H16O2. The van der Waals surface area contributed by atoms with Crippen LogP contribution in [-0.4, -0.2) is 23.9 Å². The highest BCUT2D eigenvalue weighted by Crippen LogP contribution is 2.26. The Balaban J connectivity index is 1.64. The van der Waals surface area contributed by atoms with Crippen LogP contribution in [0.4, 0.5) is 0 Å². The molecule has 1 aromatic rings. The summed E-state index contributed by atoms with van der Waals surface area (Å²) in [6, 6.07) is 10.5. The van der Waals surface area contributed by atoms with E-state index in [0.29, 0.717) is 6.10 Å². The normalized spacial score (nSPS) is 24.9. The average molecular weight is 192 g/mol. The van der Waals surface area contributed by atoms with E-state index in [1.54, 1.807) is 0 Å². The molecule has 0 aliphatic carbocycles. The third-order valence-electron chi connectivity index (χ3n) is 2.66. The number of ether oxygens (including phenoxy) is 1. The van der Waals surface area contributed by atoms with Crippen molar-refractivity contribution in [2.45, 2.75) is 31.5 Å². The molecule has 2 atom stereocenters. The van der Waals surface area contributed by atoms with Gasteiger partial charge < -0.3 is 9.84 Å². The number of aliphatic hydroxyl groups excluding tert-OH is 1. The Hall–Kier alpha value is -0.860. The maximum atomic E-state index is 8.77. The van der Waals surface area contributed by atoms with Gasteiger partial charge in [-0.15, -0.1) is 0 Å². The van der Waals surface area contributed by atoms with Crippen molar-refractivity contribution in [3.63, 3.8) is 0 Å². The quantitative estimate of drug-likeness (QED) is 0.721. The minimum absolute atomic E-state index is 0.130. The first-order chi connectivity index (χ1) is 6.90. The molecule has 1 heterocycles. The predicted molar refractivity (Wildman–Crippen MR) is 55.1 cm³/mol. The van der Waals surface area contributed by atoms with Crippen LogP contribution in [0.25, 0.3) is 0 Å². The smallest absolute Gasteiger partial charge is 0.107 e. The van der Waals surface area contributed by atoms with Crippen molar-refractivity contribution in [1.82, 2.24) is 0 Å². The van der Waals surface area contributed by atoms with Crippen LogP contribution in [0.3, 0.4) is 0 Å². The average Bonchev–Trinajstić information content (AvgIpc) is 2.98. The summed E-state index contributed by atoms with van der Waals surface area (Å²) in [5.41, 5.74) is 1.38. The van der Waals surface area contributed by atoms with Gasteiger partial charge in [-0.25, -0.2) is 0 Å². The maximum Gasteiger partial charge on any atom is 0.107 e. The Morgan fingerprint density at radius 2 is 1.93 bits per heavy atom. The molecule has 2 nitrogen and oxygen atoms in total. The van der Waals surface area contributed by atoms with Gasteiger partial charge in [-0.2, -0.15) is 0 Å². The van der Waals surface area contributed by atoms with Gasteiger partial charge in [0.2, 0.25) is 0 Å². The molecule has 1 aliphatic heterocycles. The summed E-state index contributed by atoms with van der Waals surface area (Å²) in [7, 11) is 0. The molecule has 0 unspecified atom stereocenters. The van der Waals surface area contributed by atoms with Crippen molar-refractivity contribution in [2.75, 3.05) is 6.61 Å². The van der Waals surface area contributed by atoms with Crippen molar-refractivity contribution < 1.29 is 9.84 Å². The molecule has 1 fully saturated rings.